The molecule has 0 aromatic heterocycles. The van der Waals surface area contributed by atoms with Crippen LogP contribution >= 0.6 is 0 Å². The molecule has 0 aliphatic heterocycles. The molecule has 0 aromatic rings. The van der Waals surface area contributed by atoms with E-state index in [1.807, 2.05) is 6.92 Å². The molecule has 0 spiro atoms. The molecule has 1 atom stereocenters. The molecule has 0 aliphatic carbocycles. The molecule has 0 fully saturated rings. The average Bonchev–Trinajstić information content (AvgIpc) is 1.98. The Hall–Kier alpha value is -0.0900. The largest absolute Gasteiger partial charge is 0.313 e. The van der Waals surface area contributed by atoms with Crippen LogP contribution in [0.25, 0.3) is 0 Å². The smallest absolute Gasteiger partial charge is 0.148 e. The number of hydrogen-bond donors (Lipinski definition) is 1. The monoisotopic (exact) mass is 207 g/mol. The van der Waals surface area contributed by atoms with Gasteiger partial charge in [0, 0.05) is 12.3 Å². The maximum atomic E-state index is 11.0. The van der Waals surface area contributed by atoms with E-state index < -0.39 is 9.84 Å². The van der Waals surface area contributed by atoms with Crippen molar-refractivity contribution in [2.75, 3.05) is 18.6 Å². The third-order valence-corrected chi connectivity index (χ3v) is 2.91. The van der Waals surface area contributed by atoms with Gasteiger partial charge < -0.3 is 5.32 Å². The number of unbranched alkanes of at least 4 members (excludes halogenated alkanes) is 1. The van der Waals surface area contributed by atoms with Crippen molar-refractivity contribution in [3.8, 4) is 0 Å². The molecule has 80 valence electrons. The van der Waals surface area contributed by atoms with Crippen molar-refractivity contribution in [2.45, 2.75) is 39.2 Å². The predicted molar refractivity (Wildman–Crippen MR) is 56.7 cm³/mol. The SMILES string of the molecule is CCCCC(CS(C)(=O)=O)NCC. The third-order valence-electron chi connectivity index (χ3n) is 1.90. The molecule has 0 saturated carbocycles. The molecule has 1 unspecified atom stereocenters. The number of sulfone groups is 1. The van der Waals surface area contributed by atoms with E-state index in [1.54, 1.807) is 0 Å². The summed E-state index contributed by atoms with van der Waals surface area (Å²) in [6, 6.07) is 0.139. The minimum atomic E-state index is -2.84. The Bertz CT molecular complexity index is 212. The van der Waals surface area contributed by atoms with E-state index in [0.29, 0.717) is 0 Å². The standard InChI is InChI=1S/C9H21NO2S/c1-4-6-7-9(10-5-2)8-13(3,11)12/h9-10H,4-8H2,1-3H3. The Morgan fingerprint density at radius 3 is 2.31 bits per heavy atom. The summed E-state index contributed by atoms with van der Waals surface area (Å²) in [7, 11) is -2.84. The van der Waals surface area contributed by atoms with Crippen LogP contribution in [-0.4, -0.2) is 33.0 Å². The molecule has 3 nitrogen and oxygen atoms in total. The zero-order valence-corrected chi connectivity index (χ0v) is 9.65. The van der Waals surface area contributed by atoms with Crippen molar-refractivity contribution in [3.05, 3.63) is 0 Å². The Morgan fingerprint density at radius 1 is 1.31 bits per heavy atom. The molecule has 0 radical (unpaired) electrons. The molecule has 4 heteroatoms. The fourth-order valence-electron chi connectivity index (χ4n) is 1.35. The molecular formula is C9H21NO2S. The van der Waals surface area contributed by atoms with Gasteiger partial charge in [0.05, 0.1) is 5.75 Å². The van der Waals surface area contributed by atoms with E-state index in [4.69, 9.17) is 0 Å². The molecular weight excluding hydrogens is 186 g/mol. The highest BCUT2D eigenvalue weighted by Crippen LogP contribution is 2.02. The van der Waals surface area contributed by atoms with Gasteiger partial charge in [0.15, 0.2) is 0 Å². The van der Waals surface area contributed by atoms with Gasteiger partial charge in [-0.25, -0.2) is 8.42 Å². The predicted octanol–water partition coefficient (Wildman–Crippen LogP) is 1.20. The fourth-order valence-corrected chi connectivity index (χ4v) is 2.36. The molecule has 0 amide bonds. The maximum Gasteiger partial charge on any atom is 0.148 e. The molecule has 0 aliphatic rings. The van der Waals surface area contributed by atoms with Crippen LogP contribution in [0, 0.1) is 0 Å². The van der Waals surface area contributed by atoms with Gasteiger partial charge in [0.25, 0.3) is 0 Å². The van der Waals surface area contributed by atoms with Crippen LogP contribution in [0.15, 0.2) is 0 Å². The lowest BCUT2D eigenvalue weighted by molar-refractivity contribution is 0.502. The van der Waals surface area contributed by atoms with E-state index in [-0.39, 0.29) is 11.8 Å². The van der Waals surface area contributed by atoms with Crippen molar-refractivity contribution < 1.29 is 8.42 Å². The summed E-state index contributed by atoms with van der Waals surface area (Å²) in [6.45, 7) is 4.95. The first-order chi connectivity index (χ1) is 5.99. The first kappa shape index (κ1) is 12.9. The second kappa shape index (κ2) is 6.38. The normalized spacial score (nSPS) is 14.4. The summed E-state index contributed by atoms with van der Waals surface area (Å²) in [5.41, 5.74) is 0. The number of hydrogen-bond acceptors (Lipinski definition) is 3. The lowest BCUT2D eigenvalue weighted by Crippen LogP contribution is -2.35. The highest BCUT2D eigenvalue weighted by molar-refractivity contribution is 7.90. The van der Waals surface area contributed by atoms with Crippen molar-refractivity contribution in [1.29, 1.82) is 0 Å². The molecule has 13 heavy (non-hydrogen) atoms. The van der Waals surface area contributed by atoms with Gasteiger partial charge in [-0.1, -0.05) is 26.7 Å². The number of rotatable bonds is 7. The number of nitrogens with one attached hydrogen (secondary N) is 1. The van der Waals surface area contributed by atoms with Gasteiger partial charge in [-0.3, -0.25) is 0 Å². The topological polar surface area (TPSA) is 46.2 Å². The van der Waals surface area contributed by atoms with Crippen LogP contribution < -0.4 is 5.32 Å². The first-order valence-electron chi connectivity index (χ1n) is 4.90. The van der Waals surface area contributed by atoms with Crippen LogP contribution in [0.2, 0.25) is 0 Å². The molecule has 0 bridgehead atoms. The summed E-state index contributed by atoms with van der Waals surface area (Å²) in [5.74, 6) is 0.265. The van der Waals surface area contributed by atoms with Gasteiger partial charge in [0.1, 0.15) is 9.84 Å². The quantitative estimate of drug-likeness (QED) is 0.682. The molecule has 1 N–H and O–H groups in total. The van der Waals surface area contributed by atoms with Crippen molar-refractivity contribution in [2.24, 2.45) is 0 Å². The van der Waals surface area contributed by atoms with Crippen molar-refractivity contribution >= 4 is 9.84 Å². The first-order valence-corrected chi connectivity index (χ1v) is 6.96. The third kappa shape index (κ3) is 8.25. The molecule has 0 heterocycles. The Morgan fingerprint density at radius 2 is 1.92 bits per heavy atom. The zero-order valence-electron chi connectivity index (χ0n) is 8.84. The average molecular weight is 207 g/mol. The van der Waals surface area contributed by atoms with E-state index in [1.165, 1.54) is 6.26 Å². The Kier molecular flexibility index (Phi) is 6.33. The van der Waals surface area contributed by atoms with Gasteiger partial charge in [-0.15, -0.1) is 0 Å². The fraction of sp³-hybridized carbons (Fsp3) is 1.00. The second-order valence-corrected chi connectivity index (χ2v) is 5.67. The minimum Gasteiger partial charge on any atom is -0.313 e. The Balaban J connectivity index is 3.94. The summed E-state index contributed by atoms with van der Waals surface area (Å²) >= 11 is 0. The molecule has 0 aromatic carbocycles. The lowest BCUT2D eigenvalue weighted by atomic mass is 10.1. The van der Waals surface area contributed by atoms with Crippen LogP contribution in [-0.2, 0) is 9.84 Å². The lowest BCUT2D eigenvalue weighted by Gasteiger charge is -2.15. The highest BCUT2D eigenvalue weighted by Gasteiger charge is 2.13. The van der Waals surface area contributed by atoms with Gasteiger partial charge in [-0.05, 0) is 13.0 Å². The van der Waals surface area contributed by atoms with Crippen molar-refractivity contribution in [3.63, 3.8) is 0 Å². The van der Waals surface area contributed by atoms with Gasteiger partial charge >= 0.3 is 0 Å². The summed E-state index contributed by atoms with van der Waals surface area (Å²) in [6.07, 6.45) is 4.46. The highest BCUT2D eigenvalue weighted by atomic mass is 32.2. The van der Waals surface area contributed by atoms with E-state index in [0.717, 1.165) is 25.8 Å². The van der Waals surface area contributed by atoms with Crippen LogP contribution in [0.3, 0.4) is 0 Å². The zero-order chi connectivity index (χ0) is 10.3. The van der Waals surface area contributed by atoms with Crippen molar-refractivity contribution in [1.82, 2.24) is 5.32 Å². The Labute approximate surface area is 81.8 Å². The van der Waals surface area contributed by atoms with Crippen LogP contribution in [0.4, 0.5) is 0 Å². The summed E-state index contributed by atoms with van der Waals surface area (Å²) < 4.78 is 22.1. The summed E-state index contributed by atoms with van der Waals surface area (Å²) in [4.78, 5) is 0. The van der Waals surface area contributed by atoms with Gasteiger partial charge in [-0.2, -0.15) is 0 Å². The maximum absolute atomic E-state index is 11.0. The van der Waals surface area contributed by atoms with E-state index in [9.17, 15) is 8.42 Å². The minimum absolute atomic E-state index is 0.139. The van der Waals surface area contributed by atoms with E-state index >= 15 is 0 Å². The van der Waals surface area contributed by atoms with Crippen LogP contribution in [0.5, 0.6) is 0 Å². The molecule has 0 saturated heterocycles. The van der Waals surface area contributed by atoms with Gasteiger partial charge in [0.2, 0.25) is 0 Å². The van der Waals surface area contributed by atoms with Crippen LogP contribution in [0.1, 0.15) is 33.1 Å². The molecule has 0 rings (SSSR count). The second-order valence-electron chi connectivity index (χ2n) is 3.49. The summed E-state index contributed by atoms with van der Waals surface area (Å²) in [5, 5.41) is 3.19. The van der Waals surface area contributed by atoms with E-state index in [2.05, 4.69) is 12.2 Å².